The second-order valence-corrected chi connectivity index (χ2v) is 4.42. The van der Waals surface area contributed by atoms with E-state index < -0.39 is 0 Å². The van der Waals surface area contributed by atoms with Crippen LogP contribution in [0.5, 0.6) is 0 Å². The van der Waals surface area contributed by atoms with Crippen LogP contribution < -0.4 is 5.32 Å². The highest BCUT2D eigenvalue weighted by Crippen LogP contribution is 2.23. The van der Waals surface area contributed by atoms with E-state index in [1.54, 1.807) is 0 Å². The zero-order valence-electron chi connectivity index (χ0n) is 6.91. The molecule has 0 bridgehead atoms. The van der Waals surface area contributed by atoms with Crippen LogP contribution in [0.4, 0.5) is 0 Å². The average molecular weight is 218 g/mol. The van der Waals surface area contributed by atoms with Crippen molar-refractivity contribution in [2.45, 2.75) is 25.7 Å². The molecule has 0 atom stereocenters. The summed E-state index contributed by atoms with van der Waals surface area (Å²) in [6, 6.07) is 0. The molecule has 0 aromatic carbocycles. The van der Waals surface area contributed by atoms with Gasteiger partial charge in [0.2, 0.25) is 0 Å². The number of nitrogens with one attached hydrogen (secondary N) is 1. The predicted molar refractivity (Wildman–Crippen MR) is 52.9 cm³/mol. The molecule has 11 heavy (non-hydrogen) atoms. The van der Waals surface area contributed by atoms with Crippen molar-refractivity contribution >= 4 is 15.9 Å². The Hall–Kier alpha value is 0.180. The molecule has 1 fully saturated rings. The van der Waals surface area contributed by atoms with Gasteiger partial charge < -0.3 is 5.32 Å². The monoisotopic (exact) mass is 217 g/mol. The summed E-state index contributed by atoms with van der Waals surface area (Å²) in [5.41, 5.74) is 0. The SMILES string of the molecule is C=C(Br)CNCC1CCCC1. The lowest BCUT2D eigenvalue weighted by Gasteiger charge is -2.09. The van der Waals surface area contributed by atoms with Crippen molar-refractivity contribution in [3.05, 3.63) is 11.1 Å². The highest BCUT2D eigenvalue weighted by molar-refractivity contribution is 9.11. The van der Waals surface area contributed by atoms with Crippen LogP contribution in [-0.2, 0) is 0 Å². The Kier molecular flexibility index (Phi) is 4.16. The van der Waals surface area contributed by atoms with Crippen molar-refractivity contribution in [3.8, 4) is 0 Å². The summed E-state index contributed by atoms with van der Waals surface area (Å²) in [5.74, 6) is 0.932. The fourth-order valence-corrected chi connectivity index (χ4v) is 1.82. The fourth-order valence-electron chi connectivity index (χ4n) is 1.63. The molecular weight excluding hydrogens is 202 g/mol. The lowest BCUT2D eigenvalue weighted by Crippen LogP contribution is -2.22. The summed E-state index contributed by atoms with van der Waals surface area (Å²) < 4.78 is 1.05. The zero-order chi connectivity index (χ0) is 8.10. The van der Waals surface area contributed by atoms with Crippen LogP contribution in [0, 0.1) is 5.92 Å². The van der Waals surface area contributed by atoms with Crippen LogP contribution in [0.25, 0.3) is 0 Å². The van der Waals surface area contributed by atoms with E-state index in [-0.39, 0.29) is 0 Å². The summed E-state index contributed by atoms with van der Waals surface area (Å²) in [4.78, 5) is 0. The van der Waals surface area contributed by atoms with Crippen molar-refractivity contribution in [1.29, 1.82) is 0 Å². The Morgan fingerprint density at radius 1 is 1.45 bits per heavy atom. The molecule has 0 saturated heterocycles. The maximum absolute atomic E-state index is 3.77. The Bertz CT molecular complexity index is 128. The third-order valence-corrected chi connectivity index (χ3v) is 2.50. The largest absolute Gasteiger partial charge is 0.312 e. The minimum atomic E-state index is 0.913. The number of rotatable bonds is 4. The summed E-state index contributed by atoms with van der Waals surface area (Å²) in [6.07, 6.45) is 5.70. The Morgan fingerprint density at radius 2 is 2.09 bits per heavy atom. The molecule has 0 amide bonds. The Labute approximate surface area is 77.4 Å². The first-order chi connectivity index (χ1) is 5.29. The molecule has 1 N–H and O–H groups in total. The summed E-state index contributed by atoms with van der Waals surface area (Å²) >= 11 is 3.33. The van der Waals surface area contributed by atoms with E-state index in [0.29, 0.717) is 0 Å². The topological polar surface area (TPSA) is 12.0 Å². The number of hydrogen-bond donors (Lipinski definition) is 1. The molecule has 1 saturated carbocycles. The van der Waals surface area contributed by atoms with Gasteiger partial charge in [-0.2, -0.15) is 0 Å². The molecular formula is C9H16BrN. The van der Waals surface area contributed by atoms with Crippen molar-refractivity contribution < 1.29 is 0 Å². The van der Waals surface area contributed by atoms with Crippen molar-refractivity contribution in [3.63, 3.8) is 0 Å². The first-order valence-electron chi connectivity index (χ1n) is 4.33. The van der Waals surface area contributed by atoms with E-state index in [1.807, 2.05) is 0 Å². The van der Waals surface area contributed by atoms with E-state index in [9.17, 15) is 0 Å². The lowest BCUT2D eigenvalue weighted by molar-refractivity contribution is 0.504. The molecule has 0 aromatic heterocycles. The van der Waals surface area contributed by atoms with Gasteiger partial charge in [0, 0.05) is 11.0 Å². The van der Waals surface area contributed by atoms with E-state index in [1.165, 1.54) is 32.2 Å². The first kappa shape index (κ1) is 9.27. The van der Waals surface area contributed by atoms with E-state index >= 15 is 0 Å². The van der Waals surface area contributed by atoms with Crippen LogP contribution in [0.15, 0.2) is 11.1 Å². The summed E-state index contributed by atoms with van der Waals surface area (Å²) in [6.45, 7) is 5.86. The molecule has 1 nitrogen and oxygen atoms in total. The van der Waals surface area contributed by atoms with Gasteiger partial charge in [0.05, 0.1) is 0 Å². The van der Waals surface area contributed by atoms with E-state index in [0.717, 1.165) is 16.9 Å². The van der Waals surface area contributed by atoms with Gasteiger partial charge >= 0.3 is 0 Å². The third kappa shape index (κ3) is 3.92. The first-order valence-corrected chi connectivity index (χ1v) is 5.12. The van der Waals surface area contributed by atoms with E-state index in [4.69, 9.17) is 0 Å². The standard InChI is InChI=1S/C9H16BrN/c1-8(10)6-11-7-9-4-2-3-5-9/h9,11H,1-7H2. The predicted octanol–water partition coefficient (Wildman–Crippen LogP) is 2.67. The van der Waals surface area contributed by atoms with Gasteiger partial charge in [-0.25, -0.2) is 0 Å². The number of hydrogen-bond acceptors (Lipinski definition) is 1. The van der Waals surface area contributed by atoms with Crippen LogP contribution in [-0.4, -0.2) is 13.1 Å². The normalized spacial score (nSPS) is 19.0. The lowest BCUT2D eigenvalue weighted by atomic mass is 10.1. The van der Waals surface area contributed by atoms with Crippen molar-refractivity contribution in [2.75, 3.05) is 13.1 Å². The highest BCUT2D eigenvalue weighted by Gasteiger charge is 2.13. The minimum absolute atomic E-state index is 0.913. The average Bonchev–Trinajstić information content (AvgIpc) is 2.39. The van der Waals surface area contributed by atoms with Crippen LogP contribution in [0.3, 0.4) is 0 Å². The van der Waals surface area contributed by atoms with Crippen molar-refractivity contribution in [2.24, 2.45) is 5.92 Å². The molecule has 0 unspecified atom stereocenters. The molecule has 0 aromatic rings. The van der Waals surface area contributed by atoms with Crippen LogP contribution in [0.1, 0.15) is 25.7 Å². The van der Waals surface area contributed by atoms with Crippen LogP contribution in [0.2, 0.25) is 0 Å². The van der Waals surface area contributed by atoms with Gasteiger partial charge in [0.1, 0.15) is 0 Å². The molecule has 0 aliphatic heterocycles. The van der Waals surface area contributed by atoms with Gasteiger partial charge in [-0.15, -0.1) is 0 Å². The molecule has 1 rings (SSSR count). The molecule has 1 aliphatic carbocycles. The van der Waals surface area contributed by atoms with Gasteiger partial charge in [-0.3, -0.25) is 0 Å². The Morgan fingerprint density at radius 3 is 2.64 bits per heavy atom. The third-order valence-electron chi connectivity index (χ3n) is 2.22. The molecule has 0 radical (unpaired) electrons. The van der Waals surface area contributed by atoms with Gasteiger partial charge in [0.25, 0.3) is 0 Å². The summed E-state index contributed by atoms with van der Waals surface area (Å²) in [5, 5.41) is 3.38. The maximum Gasteiger partial charge on any atom is 0.0265 e. The second kappa shape index (κ2) is 4.94. The second-order valence-electron chi connectivity index (χ2n) is 3.30. The molecule has 0 spiro atoms. The Balaban J connectivity index is 1.98. The fraction of sp³-hybridized carbons (Fsp3) is 0.778. The summed E-state index contributed by atoms with van der Waals surface area (Å²) in [7, 11) is 0. The molecule has 2 heteroatoms. The molecule has 0 heterocycles. The van der Waals surface area contributed by atoms with Crippen LogP contribution >= 0.6 is 15.9 Å². The maximum atomic E-state index is 3.77. The minimum Gasteiger partial charge on any atom is -0.312 e. The van der Waals surface area contributed by atoms with E-state index in [2.05, 4.69) is 27.8 Å². The quantitative estimate of drug-likeness (QED) is 0.764. The smallest absolute Gasteiger partial charge is 0.0265 e. The number of halogens is 1. The van der Waals surface area contributed by atoms with Gasteiger partial charge in [-0.05, 0) is 25.3 Å². The highest BCUT2D eigenvalue weighted by atomic mass is 79.9. The van der Waals surface area contributed by atoms with Gasteiger partial charge in [-0.1, -0.05) is 35.4 Å². The molecule has 64 valence electrons. The molecule has 1 aliphatic rings. The zero-order valence-corrected chi connectivity index (χ0v) is 8.49. The van der Waals surface area contributed by atoms with Gasteiger partial charge in [0.15, 0.2) is 0 Å². The van der Waals surface area contributed by atoms with Crippen molar-refractivity contribution in [1.82, 2.24) is 5.32 Å².